The number of rotatable bonds is 3. The zero-order valence-corrected chi connectivity index (χ0v) is 11.5. The van der Waals surface area contributed by atoms with Crippen molar-refractivity contribution in [3.05, 3.63) is 33.9 Å². The van der Waals surface area contributed by atoms with Crippen molar-refractivity contribution in [1.82, 2.24) is 0 Å². The Morgan fingerprint density at radius 2 is 2.05 bits per heavy atom. The molecule has 1 unspecified atom stereocenters. The molecule has 2 rings (SSSR count). The summed E-state index contributed by atoms with van der Waals surface area (Å²) < 4.78 is 0. The highest BCUT2D eigenvalue weighted by atomic mass is 16.6. The van der Waals surface area contributed by atoms with Crippen LogP contribution in [0.3, 0.4) is 0 Å². The molecule has 0 amide bonds. The summed E-state index contributed by atoms with van der Waals surface area (Å²) in [7, 11) is 0. The van der Waals surface area contributed by atoms with Gasteiger partial charge in [-0.25, -0.2) is 0 Å². The number of hydrogen-bond acceptors (Lipinski definition) is 4. The summed E-state index contributed by atoms with van der Waals surface area (Å²) in [5.74, 6) is 0.565. The number of piperidine rings is 1. The number of nitrogens with zero attached hydrogens (tertiary/aromatic N) is 2. The Labute approximate surface area is 113 Å². The van der Waals surface area contributed by atoms with Gasteiger partial charge in [0.15, 0.2) is 0 Å². The van der Waals surface area contributed by atoms with E-state index in [1.807, 2.05) is 13.0 Å². The topological polar surface area (TPSA) is 72.4 Å². The van der Waals surface area contributed by atoms with Gasteiger partial charge >= 0.3 is 0 Å². The molecule has 1 aromatic carbocycles. The second kappa shape index (κ2) is 5.57. The van der Waals surface area contributed by atoms with Crippen LogP contribution in [0.15, 0.2) is 18.2 Å². The van der Waals surface area contributed by atoms with Crippen LogP contribution in [0.2, 0.25) is 0 Å². The number of non-ortho nitro benzene ring substituents is 1. The van der Waals surface area contributed by atoms with Crippen LogP contribution in [0.4, 0.5) is 11.4 Å². The third-order valence-corrected chi connectivity index (χ3v) is 4.03. The first-order chi connectivity index (χ1) is 8.99. The highest BCUT2D eigenvalue weighted by molar-refractivity contribution is 5.58. The number of hydrogen-bond donors (Lipinski definition) is 1. The van der Waals surface area contributed by atoms with Crippen molar-refractivity contribution < 1.29 is 4.92 Å². The molecule has 1 saturated heterocycles. The molecule has 0 spiro atoms. The molecule has 5 nitrogen and oxygen atoms in total. The zero-order chi connectivity index (χ0) is 14.0. The fourth-order valence-electron chi connectivity index (χ4n) is 2.72. The van der Waals surface area contributed by atoms with Gasteiger partial charge in [-0.05, 0) is 38.2 Å². The van der Waals surface area contributed by atoms with Crippen molar-refractivity contribution in [2.24, 2.45) is 11.7 Å². The number of aryl methyl sites for hydroxylation is 1. The average molecular weight is 263 g/mol. The molecule has 0 bridgehead atoms. The quantitative estimate of drug-likeness (QED) is 0.671. The third-order valence-electron chi connectivity index (χ3n) is 4.03. The van der Waals surface area contributed by atoms with Gasteiger partial charge in [-0.1, -0.05) is 6.07 Å². The molecule has 104 valence electrons. The summed E-state index contributed by atoms with van der Waals surface area (Å²) in [5, 5.41) is 10.9. The minimum Gasteiger partial charge on any atom is -0.371 e. The van der Waals surface area contributed by atoms with Crippen LogP contribution in [0.1, 0.15) is 25.3 Å². The summed E-state index contributed by atoms with van der Waals surface area (Å²) in [6.07, 6.45) is 2.11. The molecule has 1 heterocycles. The van der Waals surface area contributed by atoms with Crippen LogP contribution in [-0.2, 0) is 0 Å². The van der Waals surface area contributed by atoms with E-state index >= 15 is 0 Å². The normalized spacial score (nSPS) is 18.4. The second-order valence-electron chi connectivity index (χ2n) is 5.41. The highest BCUT2D eigenvalue weighted by Crippen LogP contribution is 2.30. The Balaban J connectivity index is 2.15. The molecule has 0 aliphatic carbocycles. The molecule has 1 aliphatic heterocycles. The van der Waals surface area contributed by atoms with Crippen molar-refractivity contribution in [3.63, 3.8) is 0 Å². The summed E-state index contributed by atoms with van der Waals surface area (Å²) in [4.78, 5) is 12.8. The minimum atomic E-state index is -0.336. The van der Waals surface area contributed by atoms with Gasteiger partial charge in [-0.3, -0.25) is 10.1 Å². The van der Waals surface area contributed by atoms with E-state index in [2.05, 4.69) is 11.8 Å². The lowest BCUT2D eigenvalue weighted by Crippen LogP contribution is -2.40. The van der Waals surface area contributed by atoms with Crippen LogP contribution >= 0.6 is 0 Å². The van der Waals surface area contributed by atoms with Crippen molar-refractivity contribution in [2.45, 2.75) is 32.7 Å². The van der Waals surface area contributed by atoms with E-state index in [0.717, 1.165) is 37.2 Å². The maximum Gasteiger partial charge on any atom is 0.271 e. The van der Waals surface area contributed by atoms with Gasteiger partial charge < -0.3 is 10.6 Å². The van der Waals surface area contributed by atoms with Crippen LogP contribution in [0, 0.1) is 23.0 Å². The number of benzene rings is 1. The molecule has 0 aromatic heterocycles. The summed E-state index contributed by atoms with van der Waals surface area (Å²) in [6.45, 7) is 5.90. The number of anilines is 1. The molecule has 1 fully saturated rings. The first-order valence-corrected chi connectivity index (χ1v) is 6.74. The van der Waals surface area contributed by atoms with Gasteiger partial charge in [-0.2, -0.15) is 0 Å². The summed E-state index contributed by atoms with van der Waals surface area (Å²) >= 11 is 0. The lowest BCUT2D eigenvalue weighted by Gasteiger charge is -2.35. The lowest BCUT2D eigenvalue weighted by molar-refractivity contribution is -0.384. The van der Waals surface area contributed by atoms with E-state index in [4.69, 9.17) is 5.73 Å². The van der Waals surface area contributed by atoms with Gasteiger partial charge in [0.25, 0.3) is 5.69 Å². The summed E-state index contributed by atoms with van der Waals surface area (Å²) in [5.41, 5.74) is 8.17. The molecule has 1 aliphatic rings. The van der Waals surface area contributed by atoms with Crippen LogP contribution < -0.4 is 10.6 Å². The molecule has 0 radical (unpaired) electrons. The van der Waals surface area contributed by atoms with Gasteiger partial charge in [0.1, 0.15) is 0 Å². The molecule has 0 saturated carbocycles. The van der Waals surface area contributed by atoms with Gasteiger partial charge in [-0.15, -0.1) is 0 Å². The third kappa shape index (κ3) is 3.04. The largest absolute Gasteiger partial charge is 0.371 e. The van der Waals surface area contributed by atoms with Crippen molar-refractivity contribution >= 4 is 11.4 Å². The fraction of sp³-hybridized carbons (Fsp3) is 0.571. The molecule has 1 aromatic rings. The Morgan fingerprint density at radius 1 is 1.42 bits per heavy atom. The van der Waals surface area contributed by atoms with E-state index in [9.17, 15) is 10.1 Å². The number of nitro groups is 1. The predicted molar refractivity (Wildman–Crippen MR) is 76.4 cm³/mol. The highest BCUT2D eigenvalue weighted by Gasteiger charge is 2.23. The van der Waals surface area contributed by atoms with Gasteiger partial charge in [0.2, 0.25) is 0 Å². The Hall–Kier alpha value is -1.62. The van der Waals surface area contributed by atoms with Crippen molar-refractivity contribution in [1.29, 1.82) is 0 Å². The zero-order valence-electron chi connectivity index (χ0n) is 11.5. The molecule has 1 atom stereocenters. The Morgan fingerprint density at radius 3 is 2.58 bits per heavy atom. The standard InChI is InChI=1S/C14H21N3O2/c1-10-3-4-13(17(18)19)9-14(10)16-7-5-12(6-8-16)11(2)15/h3-4,9,11-12H,5-8,15H2,1-2H3. The first kappa shape index (κ1) is 13.8. The van der Waals surface area contributed by atoms with E-state index in [1.165, 1.54) is 0 Å². The average Bonchev–Trinajstić information content (AvgIpc) is 2.39. The van der Waals surface area contributed by atoms with Crippen molar-refractivity contribution in [2.75, 3.05) is 18.0 Å². The van der Waals surface area contributed by atoms with Crippen molar-refractivity contribution in [3.8, 4) is 0 Å². The number of nitrogens with two attached hydrogens (primary N) is 1. The molecular formula is C14H21N3O2. The first-order valence-electron chi connectivity index (χ1n) is 6.74. The maximum atomic E-state index is 10.9. The fourth-order valence-corrected chi connectivity index (χ4v) is 2.72. The van der Waals surface area contributed by atoms with Crippen LogP contribution in [0.25, 0.3) is 0 Å². The second-order valence-corrected chi connectivity index (χ2v) is 5.41. The number of nitro benzene ring substituents is 1. The maximum absolute atomic E-state index is 10.9. The SMILES string of the molecule is Cc1ccc([N+](=O)[O-])cc1N1CCC(C(C)N)CC1. The molecule has 5 heteroatoms. The Kier molecular flexibility index (Phi) is 4.04. The van der Waals surface area contributed by atoms with Crippen LogP contribution in [0.5, 0.6) is 0 Å². The molecule has 2 N–H and O–H groups in total. The van der Waals surface area contributed by atoms with Crippen LogP contribution in [-0.4, -0.2) is 24.1 Å². The van der Waals surface area contributed by atoms with E-state index < -0.39 is 0 Å². The van der Waals surface area contributed by atoms with Gasteiger partial charge in [0, 0.05) is 37.0 Å². The van der Waals surface area contributed by atoms with E-state index in [1.54, 1.807) is 12.1 Å². The Bertz CT molecular complexity index is 466. The minimum absolute atomic E-state index is 0.162. The smallest absolute Gasteiger partial charge is 0.271 e. The monoisotopic (exact) mass is 263 g/mol. The summed E-state index contributed by atoms with van der Waals surface area (Å²) in [6, 6.07) is 5.30. The predicted octanol–water partition coefficient (Wildman–Crippen LogP) is 2.47. The van der Waals surface area contributed by atoms with Gasteiger partial charge in [0.05, 0.1) is 4.92 Å². The van der Waals surface area contributed by atoms with E-state index in [0.29, 0.717) is 5.92 Å². The molecular weight excluding hydrogens is 242 g/mol. The lowest BCUT2D eigenvalue weighted by atomic mass is 9.90. The van der Waals surface area contributed by atoms with E-state index in [-0.39, 0.29) is 16.7 Å². The molecule has 19 heavy (non-hydrogen) atoms.